The number of aromatic hydroxyl groups is 1. The van der Waals surface area contributed by atoms with Gasteiger partial charge in [-0.3, -0.25) is 4.79 Å². The third-order valence-electron chi connectivity index (χ3n) is 5.30. The number of hydrogen-bond donors (Lipinski definition) is 3. The van der Waals surface area contributed by atoms with Crippen LogP contribution in [0.4, 0.5) is 0 Å². The number of carbonyl (C=O) groups is 1. The normalized spacial score (nSPS) is 10.6. The van der Waals surface area contributed by atoms with Crippen molar-refractivity contribution in [2.24, 2.45) is 0 Å². The van der Waals surface area contributed by atoms with Crippen molar-refractivity contribution in [2.45, 2.75) is 13.5 Å². The van der Waals surface area contributed by atoms with E-state index >= 15 is 0 Å². The molecule has 0 atom stereocenters. The zero-order valence-corrected chi connectivity index (χ0v) is 18.3. The van der Waals surface area contributed by atoms with E-state index in [1.54, 1.807) is 62.6 Å². The highest BCUT2D eigenvalue weighted by atomic mass is 16.5. The molecule has 1 heterocycles. The number of hydrogen-bond acceptors (Lipinski definition) is 5. The number of amides is 1. The number of benzene rings is 3. The molecule has 33 heavy (non-hydrogen) atoms. The molecule has 4 rings (SSSR count). The lowest BCUT2D eigenvalue weighted by atomic mass is 10.0. The van der Waals surface area contributed by atoms with E-state index in [1.165, 1.54) is 0 Å². The molecule has 1 amide bonds. The highest BCUT2D eigenvalue weighted by Crippen LogP contribution is 2.26. The molecule has 7 nitrogen and oxygen atoms in total. The summed E-state index contributed by atoms with van der Waals surface area (Å²) in [4.78, 5) is 31.8. The fourth-order valence-electron chi connectivity index (χ4n) is 3.53. The summed E-state index contributed by atoms with van der Waals surface area (Å²) in [7, 11) is 1.59. The van der Waals surface area contributed by atoms with Crippen molar-refractivity contribution in [3.05, 3.63) is 100.0 Å². The Kier molecular flexibility index (Phi) is 6.22. The third kappa shape index (κ3) is 4.93. The van der Waals surface area contributed by atoms with Crippen molar-refractivity contribution in [3.8, 4) is 34.0 Å². The molecular formula is C26H23N3O4. The SMILES string of the molecule is COc1ccccc1CNC(=O)c1cccc(-c2cc(-c3ccc(O)c(C)c3)[nH]c(=O)n2)c1. The minimum absolute atomic E-state index is 0.183. The number of aryl methyl sites for hydroxylation is 1. The second-order valence-electron chi connectivity index (χ2n) is 7.56. The van der Waals surface area contributed by atoms with E-state index in [1.807, 2.05) is 24.3 Å². The van der Waals surface area contributed by atoms with Crippen molar-refractivity contribution in [1.82, 2.24) is 15.3 Å². The molecule has 3 aromatic carbocycles. The number of ether oxygens (including phenoxy) is 1. The van der Waals surface area contributed by atoms with E-state index in [-0.39, 0.29) is 11.7 Å². The Hall–Kier alpha value is -4.39. The van der Waals surface area contributed by atoms with Gasteiger partial charge in [-0.15, -0.1) is 0 Å². The molecular weight excluding hydrogens is 418 g/mol. The van der Waals surface area contributed by atoms with Gasteiger partial charge in [0.05, 0.1) is 18.5 Å². The first-order valence-corrected chi connectivity index (χ1v) is 10.4. The maximum Gasteiger partial charge on any atom is 0.345 e. The molecule has 0 saturated carbocycles. The maximum absolute atomic E-state index is 12.8. The van der Waals surface area contributed by atoms with Gasteiger partial charge in [0, 0.05) is 23.2 Å². The number of phenols is 1. The van der Waals surface area contributed by atoms with Crippen molar-refractivity contribution in [1.29, 1.82) is 0 Å². The number of nitrogens with zero attached hydrogens (tertiary/aromatic N) is 1. The van der Waals surface area contributed by atoms with Gasteiger partial charge in [-0.25, -0.2) is 4.79 Å². The Balaban J connectivity index is 1.59. The fraction of sp³-hybridized carbons (Fsp3) is 0.115. The van der Waals surface area contributed by atoms with E-state index in [0.717, 1.165) is 11.1 Å². The Morgan fingerprint density at radius 2 is 1.85 bits per heavy atom. The molecule has 0 aliphatic heterocycles. The van der Waals surface area contributed by atoms with Gasteiger partial charge in [-0.1, -0.05) is 30.3 Å². The largest absolute Gasteiger partial charge is 0.508 e. The summed E-state index contributed by atoms with van der Waals surface area (Å²) in [5.41, 5.74) is 3.92. The molecule has 7 heteroatoms. The standard InChI is InChI=1S/C26H23N3O4/c1-16-12-18(10-11-23(16)30)22-14-21(28-26(32)29-22)17-7-5-8-19(13-17)25(31)27-15-20-6-3-4-9-24(20)33-2/h3-14,30H,15H2,1-2H3,(H,27,31)(H,28,29,32). The van der Waals surface area contributed by atoms with E-state index in [0.29, 0.717) is 40.4 Å². The zero-order valence-electron chi connectivity index (χ0n) is 18.3. The summed E-state index contributed by atoms with van der Waals surface area (Å²) >= 11 is 0. The number of carbonyl (C=O) groups excluding carboxylic acids is 1. The van der Waals surface area contributed by atoms with Crippen LogP contribution in [0.25, 0.3) is 22.5 Å². The minimum atomic E-state index is -0.501. The molecule has 0 saturated heterocycles. The predicted octanol–water partition coefficient (Wildman–Crippen LogP) is 4.06. The highest BCUT2D eigenvalue weighted by molar-refractivity contribution is 5.95. The first-order chi connectivity index (χ1) is 15.9. The number of para-hydroxylation sites is 1. The number of aromatic nitrogens is 2. The number of rotatable bonds is 6. The van der Waals surface area contributed by atoms with Crippen LogP contribution in [0.15, 0.2) is 77.6 Å². The molecule has 0 aliphatic rings. The Morgan fingerprint density at radius 1 is 1.03 bits per heavy atom. The molecule has 0 unspecified atom stereocenters. The smallest absolute Gasteiger partial charge is 0.345 e. The van der Waals surface area contributed by atoms with Crippen molar-refractivity contribution < 1.29 is 14.6 Å². The average Bonchev–Trinajstić information content (AvgIpc) is 2.84. The van der Waals surface area contributed by atoms with Crippen molar-refractivity contribution in [3.63, 3.8) is 0 Å². The van der Waals surface area contributed by atoms with E-state index in [4.69, 9.17) is 4.74 Å². The number of phenolic OH excluding ortho intramolecular Hbond substituents is 1. The first kappa shape index (κ1) is 21.8. The van der Waals surface area contributed by atoms with Crippen LogP contribution in [-0.4, -0.2) is 28.1 Å². The Bertz CT molecular complexity index is 1380. The molecule has 1 aromatic heterocycles. The van der Waals surface area contributed by atoms with Crippen LogP contribution >= 0.6 is 0 Å². The van der Waals surface area contributed by atoms with Gasteiger partial charge in [0.2, 0.25) is 0 Å². The minimum Gasteiger partial charge on any atom is -0.508 e. The third-order valence-corrected chi connectivity index (χ3v) is 5.30. The van der Waals surface area contributed by atoms with Crippen molar-refractivity contribution in [2.75, 3.05) is 7.11 Å². The van der Waals surface area contributed by atoms with Crippen LogP contribution in [0.3, 0.4) is 0 Å². The Morgan fingerprint density at radius 3 is 2.64 bits per heavy atom. The van der Waals surface area contributed by atoms with Gasteiger partial charge in [0.1, 0.15) is 11.5 Å². The summed E-state index contributed by atoms with van der Waals surface area (Å²) < 4.78 is 5.33. The summed E-state index contributed by atoms with van der Waals surface area (Å²) in [6.07, 6.45) is 0. The zero-order chi connectivity index (χ0) is 23.4. The van der Waals surface area contributed by atoms with Gasteiger partial charge in [0.15, 0.2) is 0 Å². The molecule has 0 spiro atoms. The van der Waals surface area contributed by atoms with Gasteiger partial charge >= 0.3 is 5.69 Å². The second kappa shape index (κ2) is 9.40. The Labute approximate surface area is 190 Å². The maximum atomic E-state index is 12.8. The molecule has 0 aliphatic carbocycles. The topological polar surface area (TPSA) is 104 Å². The summed E-state index contributed by atoms with van der Waals surface area (Å²) in [6, 6.07) is 21.3. The fourth-order valence-corrected chi connectivity index (χ4v) is 3.53. The molecule has 3 N–H and O–H groups in total. The lowest BCUT2D eigenvalue weighted by Crippen LogP contribution is -2.23. The average molecular weight is 441 g/mol. The van der Waals surface area contributed by atoms with Gasteiger partial charge in [-0.05, 0) is 60.5 Å². The van der Waals surface area contributed by atoms with Gasteiger partial charge < -0.3 is 20.1 Å². The monoisotopic (exact) mass is 441 g/mol. The van der Waals surface area contributed by atoms with E-state index < -0.39 is 5.69 Å². The molecule has 166 valence electrons. The van der Waals surface area contributed by atoms with Gasteiger partial charge in [-0.2, -0.15) is 4.98 Å². The quantitative estimate of drug-likeness (QED) is 0.419. The molecule has 0 fully saturated rings. The second-order valence-corrected chi connectivity index (χ2v) is 7.56. The summed E-state index contributed by atoms with van der Waals surface area (Å²) in [5.74, 6) is 0.639. The van der Waals surface area contributed by atoms with Crippen molar-refractivity contribution >= 4 is 5.91 Å². The van der Waals surface area contributed by atoms with Gasteiger partial charge in [0.25, 0.3) is 5.91 Å². The molecule has 0 bridgehead atoms. The van der Waals surface area contributed by atoms with Crippen LogP contribution in [0.2, 0.25) is 0 Å². The van der Waals surface area contributed by atoms with Crippen LogP contribution in [-0.2, 0) is 6.54 Å². The van der Waals surface area contributed by atoms with Crippen LogP contribution < -0.4 is 15.7 Å². The van der Waals surface area contributed by atoms with Crippen LogP contribution in [0.1, 0.15) is 21.5 Å². The summed E-state index contributed by atoms with van der Waals surface area (Å²) in [6.45, 7) is 2.10. The summed E-state index contributed by atoms with van der Waals surface area (Å²) in [5, 5.41) is 12.7. The van der Waals surface area contributed by atoms with E-state index in [2.05, 4.69) is 15.3 Å². The van der Waals surface area contributed by atoms with Crippen LogP contribution in [0.5, 0.6) is 11.5 Å². The molecule has 0 radical (unpaired) electrons. The lowest BCUT2D eigenvalue weighted by molar-refractivity contribution is 0.0950. The number of nitrogens with one attached hydrogen (secondary N) is 2. The predicted molar refractivity (Wildman–Crippen MR) is 126 cm³/mol. The van der Waals surface area contributed by atoms with E-state index in [9.17, 15) is 14.7 Å². The number of aromatic amines is 1. The highest BCUT2D eigenvalue weighted by Gasteiger charge is 2.11. The lowest BCUT2D eigenvalue weighted by Gasteiger charge is -2.10. The number of H-pyrrole nitrogens is 1. The first-order valence-electron chi connectivity index (χ1n) is 10.4. The number of methoxy groups -OCH3 is 1. The van der Waals surface area contributed by atoms with Crippen LogP contribution in [0, 0.1) is 6.92 Å². The molecule has 4 aromatic rings.